The van der Waals surface area contributed by atoms with Crippen LogP contribution in [0, 0.1) is 10.1 Å². The van der Waals surface area contributed by atoms with Crippen molar-refractivity contribution in [1.29, 1.82) is 0 Å². The first-order valence-electron chi connectivity index (χ1n) is 5.37. The number of benzene rings is 1. The highest BCUT2D eigenvalue weighted by Gasteiger charge is 2.15. The number of rotatable bonds is 3. The number of hydrogen-bond acceptors (Lipinski definition) is 3. The average Bonchev–Trinajstić information content (AvgIpc) is 2.37. The molecule has 0 unspecified atom stereocenters. The van der Waals surface area contributed by atoms with Crippen molar-refractivity contribution in [2.24, 2.45) is 0 Å². The second-order valence-electron chi connectivity index (χ2n) is 3.97. The lowest BCUT2D eigenvalue weighted by atomic mass is 10.2. The normalized spacial score (nSPS) is 10.6. The predicted octanol–water partition coefficient (Wildman–Crippen LogP) is 3.98. The van der Waals surface area contributed by atoms with Gasteiger partial charge in [-0.3, -0.25) is 14.9 Å². The maximum absolute atomic E-state index is 12.0. The van der Waals surface area contributed by atoms with Crippen LogP contribution in [0.25, 0.3) is 0 Å². The van der Waals surface area contributed by atoms with Crippen LogP contribution in [0.4, 0.5) is 5.69 Å². The van der Waals surface area contributed by atoms with Crippen molar-refractivity contribution < 1.29 is 4.92 Å². The van der Waals surface area contributed by atoms with Gasteiger partial charge in [0.2, 0.25) is 0 Å². The van der Waals surface area contributed by atoms with Gasteiger partial charge in [-0.2, -0.15) is 0 Å². The molecule has 104 valence electrons. The van der Waals surface area contributed by atoms with Gasteiger partial charge < -0.3 is 4.57 Å². The van der Waals surface area contributed by atoms with Crippen LogP contribution < -0.4 is 5.56 Å². The van der Waals surface area contributed by atoms with Gasteiger partial charge >= 0.3 is 0 Å². The van der Waals surface area contributed by atoms with Crippen molar-refractivity contribution in [3.63, 3.8) is 0 Å². The Hall–Kier alpha value is -1.18. The second-order valence-corrected chi connectivity index (χ2v) is 6.18. The number of hydrogen-bond donors (Lipinski definition) is 0. The fraction of sp³-hybridized carbons (Fsp3) is 0.0833. The first-order chi connectivity index (χ1) is 9.38. The Labute approximate surface area is 135 Å². The molecule has 5 nitrogen and oxygen atoms in total. The molecule has 0 N–H and O–H groups in total. The Bertz CT molecular complexity index is 746. The smallest absolute Gasteiger partial charge is 0.275 e. The van der Waals surface area contributed by atoms with Crippen molar-refractivity contribution >= 4 is 49.1 Å². The molecular formula is C12H7Br2ClN2O3. The Morgan fingerprint density at radius 1 is 1.30 bits per heavy atom. The Morgan fingerprint density at radius 3 is 2.65 bits per heavy atom. The van der Waals surface area contributed by atoms with E-state index in [9.17, 15) is 14.9 Å². The van der Waals surface area contributed by atoms with E-state index in [1.54, 1.807) is 24.4 Å². The summed E-state index contributed by atoms with van der Waals surface area (Å²) in [6, 6.07) is 5.99. The highest BCUT2D eigenvalue weighted by atomic mass is 79.9. The Morgan fingerprint density at radius 2 is 2.00 bits per heavy atom. The van der Waals surface area contributed by atoms with Gasteiger partial charge in [0.15, 0.2) is 0 Å². The number of nitro groups is 1. The van der Waals surface area contributed by atoms with Crippen molar-refractivity contribution in [3.8, 4) is 0 Å². The minimum absolute atomic E-state index is 0.0877. The minimum atomic E-state index is -0.515. The standard InChI is InChI=1S/C12H7Br2ClN2O3/c13-8-3-10(14)12(18)16(6-8)5-7-1-2-9(15)4-11(7)17(19)20/h1-4,6H,5H2. The maximum Gasteiger partial charge on any atom is 0.275 e. The van der Waals surface area contributed by atoms with Gasteiger partial charge in [-0.1, -0.05) is 11.6 Å². The fourth-order valence-electron chi connectivity index (χ4n) is 1.71. The van der Waals surface area contributed by atoms with E-state index in [2.05, 4.69) is 31.9 Å². The number of nitro benzene ring substituents is 1. The maximum atomic E-state index is 12.0. The van der Waals surface area contributed by atoms with Crippen LogP contribution in [0.1, 0.15) is 5.56 Å². The fourth-order valence-corrected chi connectivity index (χ4v) is 3.13. The van der Waals surface area contributed by atoms with Gasteiger partial charge in [0.05, 0.1) is 15.9 Å². The van der Waals surface area contributed by atoms with Crippen LogP contribution in [0.2, 0.25) is 5.02 Å². The van der Waals surface area contributed by atoms with Gasteiger partial charge in [-0.15, -0.1) is 0 Å². The first-order valence-corrected chi connectivity index (χ1v) is 7.33. The van der Waals surface area contributed by atoms with Crippen molar-refractivity contribution in [3.05, 3.63) is 70.5 Å². The van der Waals surface area contributed by atoms with E-state index in [-0.39, 0.29) is 22.8 Å². The summed E-state index contributed by atoms with van der Waals surface area (Å²) < 4.78 is 2.45. The third kappa shape index (κ3) is 3.28. The zero-order valence-corrected chi connectivity index (χ0v) is 13.8. The zero-order valence-electron chi connectivity index (χ0n) is 9.85. The molecule has 0 aliphatic carbocycles. The number of halogens is 3. The topological polar surface area (TPSA) is 65.1 Å². The van der Waals surface area contributed by atoms with Gasteiger partial charge in [0, 0.05) is 27.3 Å². The number of pyridine rings is 1. The molecule has 0 saturated carbocycles. The summed E-state index contributed by atoms with van der Waals surface area (Å²) in [4.78, 5) is 22.5. The molecule has 2 rings (SSSR count). The summed E-state index contributed by atoms with van der Waals surface area (Å²) >= 11 is 12.2. The van der Waals surface area contributed by atoms with Gasteiger partial charge in [-0.05, 0) is 50.1 Å². The van der Waals surface area contributed by atoms with Crippen LogP contribution in [0.15, 0.2) is 44.2 Å². The molecule has 1 aromatic carbocycles. The number of nitrogens with zero attached hydrogens (tertiary/aromatic N) is 2. The van der Waals surface area contributed by atoms with Crippen LogP contribution in [-0.2, 0) is 6.54 Å². The molecule has 1 aromatic heterocycles. The molecule has 0 amide bonds. The molecule has 0 radical (unpaired) electrons. The highest BCUT2D eigenvalue weighted by molar-refractivity contribution is 9.11. The van der Waals surface area contributed by atoms with Crippen LogP contribution >= 0.6 is 43.5 Å². The van der Waals surface area contributed by atoms with Gasteiger partial charge in [0.25, 0.3) is 11.2 Å². The van der Waals surface area contributed by atoms with E-state index in [1.165, 1.54) is 10.6 Å². The third-order valence-corrected chi connectivity index (χ3v) is 3.83. The van der Waals surface area contributed by atoms with E-state index >= 15 is 0 Å². The van der Waals surface area contributed by atoms with E-state index in [0.717, 1.165) is 0 Å². The van der Waals surface area contributed by atoms with Gasteiger partial charge in [0.1, 0.15) is 0 Å². The van der Waals surface area contributed by atoms with Crippen LogP contribution in [0.5, 0.6) is 0 Å². The quantitative estimate of drug-likeness (QED) is 0.555. The summed E-state index contributed by atoms with van der Waals surface area (Å²) in [5.41, 5.74) is 0.0319. The highest BCUT2D eigenvalue weighted by Crippen LogP contribution is 2.24. The summed E-state index contributed by atoms with van der Waals surface area (Å²) in [5, 5.41) is 11.3. The average molecular weight is 422 g/mol. The van der Waals surface area contributed by atoms with Crippen molar-refractivity contribution in [2.45, 2.75) is 6.54 Å². The van der Waals surface area contributed by atoms with Crippen LogP contribution in [-0.4, -0.2) is 9.49 Å². The lowest BCUT2D eigenvalue weighted by Gasteiger charge is -2.08. The summed E-state index contributed by atoms with van der Waals surface area (Å²) in [5.74, 6) is 0. The molecule has 0 atom stereocenters. The van der Waals surface area contributed by atoms with Gasteiger partial charge in [-0.25, -0.2) is 0 Å². The summed E-state index contributed by atoms with van der Waals surface area (Å²) in [6.07, 6.45) is 1.57. The molecule has 0 fully saturated rings. The predicted molar refractivity (Wildman–Crippen MR) is 83.3 cm³/mol. The molecule has 0 spiro atoms. The van der Waals surface area contributed by atoms with E-state index in [4.69, 9.17) is 11.6 Å². The molecule has 0 saturated heterocycles. The molecule has 8 heteroatoms. The monoisotopic (exact) mass is 420 g/mol. The lowest BCUT2D eigenvalue weighted by Crippen LogP contribution is -2.21. The lowest BCUT2D eigenvalue weighted by molar-refractivity contribution is -0.385. The largest absolute Gasteiger partial charge is 0.309 e. The van der Waals surface area contributed by atoms with E-state index < -0.39 is 4.92 Å². The molecule has 0 aliphatic rings. The second kappa shape index (κ2) is 6.07. The van der Waals surface area contributed by atoms with E-state index in [0.29, 0.717) is 14.5 Å². The molecule has 0 aliphatic heterocycles. The number of aromatic nitrogens is 1. The summed E-state index contributed by atoms with van der Waals surface area (Å²) in [6.45, 7) is 0.0877. The van der Waals surface area contributed by atoms with E-state index in [1.807, 2.05) is 0 Å². The molecule has 0 bridgehead atoms. The van der Waals surface area contributed by atoms with Crippen molar-refractivity contribution in [1.82, 2.24) is 4.57 Å². The van der Waals surface area contributed by atoms with Crippen LogP contribution in [0.3, 0.4) is 0 Å². The molecular weight excluding hydrogens is 415 g/mol. The molecule has 2 aromatic rings. The summed E-state index contributed by atoms with van der Waals surface area (Å²) in [7, 11) is 0. The Kier molecular flexibility index (Phi) is 4.62. The molecule has 1 heterocycles. The van der Waals surface area contributed by atoms with Crippen molar-refractivity contribution in [2.75, 3.05) is 0 Å². The molecule has 20 heavy (non-hydrogen) atoms. The SMILES string of the molecule is O=c1c(Br)cc(Br)cn1Cc1ccc(Cl)cc1[N+](=O)[O-]. The zero-order chi connectivity index (χ0) is 14.9. The first kappa shape index (κ1) is 15.2. The Balaban J connectivity index is 2.50. The third-order valence-electron chi connectivity index (χ3n) is 2.59. The minimum Gasteiger partial charge on any atom is -0.309 e.